The van der Waals surface area contributed by atoms with Crippen LogP contribution in [0.15, 0.2) is 30.3 Å². The van der Waals surface area contributed by atoms with Crippen LogP contribution in [0, 0.1) is 5.82 Å². The van der Waals surface area contributed by atoms with Crippen molar-refractivity contribution in [1.82, 2.24) is 9.78 Å². The minimum atomic E-state index is -0.324. The second-order valence-electron chi connectivity index (χ2n) is 4.59. The summed E-state index contributed by atoms with van der Waals surface area (Å²) in [4.78, 5) is 12.0. The van der Waals surface area contributed by atoms with Crippen LogP contribution in [-0.4, -0.2) is 15.6 Å². The van der Waals surface area contributed by atoms with Crippen LogP contribution in [0.2, 0.25) is 0 Å². The molecule has 0 aliphatic rings. The van der Waals surface area contributed by atoms with E-state index in [4.69, 9.17) is 0 Å². The highest BCUT2D eigenvalue weighted by atomic mass is 19.1. The van der Waals surface area contributed by atoms with Gasteiger partial charge in [-0.05, 0) is 24.1 Å². The van der Waals surface area contributed by atoms with Gasteiger partial charge in [-0.1, -0.05) is 25.1 Å². The first-order valence-electron chi connectivity index (χ1n) is 6.37. The highest BCUT2D eigenvalue weighted by molar-refractivity contribution is 5.82. The molecule has 0 spiro atoms. The predicted octanol–water partition coefficient (Wildman–Crippen LogP) is 2.48. The van der Waals surface area contributed by atoms with Gasteiger partial charge < -0.3 is 0 Å². The molecule has 0 saturated carbocycles. The third kappa shape index (κ3) is 3.28. The fourth-order valence-electron chi connectivity index (χ4n) is 2.03. The van der Waals surface area contributed by atoms with Crippen molar-refractivity contribution in [3.05, 3.63) is 53.1 Å². The summed E-state index contributed by atoms with van der Waals surface area (Å²) in [6.07, 6.45) is 1.26. The summed E-state index contributed by atoms with van der Waals surface area (Å²) in [5.41, 5.74) is 2.29. The molecule has 0 unspecified atom stereocenters. The van der Waals surface area contributed by atoms with Crippen LogP contribution in [0.3, 0.4) is 0 Å². The van der Waals surface area contributed by atoms with Crippen molar-refractivity contribution >= 4 is 5.78 Å². The molecule has 0 saturated heterocycles. The molecule has 3 nitrogen and oxygen atoms in total. The summed E-state index contributed by atoms with van der Waals surface area (Å²) in [7, 11) is 1.82. The molecular weight excluding hydrogens is 243 g/mol. The van der Waals surface area contributed by atoms with Crippen LogP contribution in [-0.2, 0) is 31.1 Å². The number of nitrogens with zero attached hydrogens (tertiary/aromatic N) is 2. The molecule has 0 amide bonds. The first-order valence-corrected chi connectivity index (χ1v) is 6.37. The summed E-state index contributed by atoms with van der Waals surface area (Å²) in [6.45, 7) is 2.02. The molecule has 2 rings (SSSR count). The number of aromatic nitrogens is 2. The lowest BCUT2D eigenvalue weighted by Crippen LogP contribution is -2.10. The maximum absolute atomic E-state index is 13.5. The van der Waals surface area contributed by atoms with Crippen LogP contribution in [0.5, 0.6) is 0 Å². The topological polar surface area (TPSA) is 34.9 Å². The van der Waals surface area contributed by atoms with E-state index in [1.54, 1.807) is 22.9 Å². The number of hydrogen-bond donors (Lipinski definition) is 0. The monoisotopic (exact) mass is 260 g/mol. The zero-order chi connectivity index (χ0) is 13.8. The van der Waals surface area contributed by atoms with Gasteiger partial charge in [0.05, 0.1) is 5.69 Å². The summed E-state index contributed by atoms with van der Waals surface area (Å²) in [5.74, 6) is -0.328. The number of Topliss-reactive ketones (excluding diaryl/α,β-unsaturated/α-hetero) is 1. The number of ketones is 1. The van der Waals surface area contributed by atoms with Gasteiger partial charge in [-0.3, -0.25) is 9.48 Å². The lowest BCUT2D eigenvalue weighted by molar-refractivity contribution is -0.117. The molecule has 0 fully saturated rings. The van der Waals surface area contributed by atoms with E-state index in [1.165, 1.54) is 6.07 Å². The van der Waals surface area contributed by atoms with Gasteiger partial charge in [0.15, 0.2) is 0 Å². The number of aryl methyl sites for hydroxylation is 2. The first kappa shape index (κ1) is 13.5. The van der Waals surface area contributed by atoms with Crippen LogP contribution in [0.1, 0.15) is 23.9 Å². The smallest absolute Gasteiger partial charge is 0.143 e. The van der Waals surface area contributed by atoms with Gasteiger partial charge in [-0.2, -0.15) is 5.10 Å². The Bertz CT molecular complexity index is 590. The highest BCUT2D eigenvalue weighted by Gasteiger charge is 2.12. The molecule has 2 aromatic rings. The maximum Gasteiger partial charge on any atom is 0.143 e. The molecule has 0 atom stereocenters. The maximum atomic E-state index is 13.5. The minimum Gasteiger partial charge on any atom is -0.299 e. The number of benzene rings is 1. The van der Waals surface area contributed by atoms with E-state index in [0.717, 1.165) is 17.8 Å². The van der Waals surface area contributed by atoms with Crippen LogP contribution in [0.4, 0.5) is 4.39 Å². The zero-order valence-corrected chi connectivity index (χ0v) is 11.2. The quantitative estimate of drug-likeness (QED) is 0.827. The fraction of sp³-hybridized carbons (Fsp3) is 0.333. The Hall–Kier alpha value is -1.97. The summed E-state index contributed by atoms with van der Waals surface area (Å²) < 4.78 is 15.2. The van der Waals surface area contributed by atoms with Gasteiger partial charge in [-0.15, -0.1) is 0 Å². The van der Waals surface area contributed by atoms with E-state index < -0.39 is 0 Å². The Kier molecular flexibility index (Phi) is 4.10. The molecule has 0 aliphatic carbocycles. The van der Waals surface area contributed by atoms with E-state index in [0.29, 0.717) is 5.56 Å². The summed E-state index contributed by atoms with van der Waals surface area (Å²) >= 11 is 0. The van der Waals surface area contributed by atoms with E-state index in [-0.39, 0.29) is 24.4 Å². The van der Waals surface area contributed by atoms with Gasteiger partial charge in [0.1, 0.15) is 11.6 Å². The number of carbonyl (C=O) groups excluding carboxylic acids is 1. The third-order valence-electron chi connectivity index (χ3n) is 3.11. The standard InChI is InChI=1S/C15H17FN2O/c1-3-12-9-13(18(2)17-12)10-14(19)8-11-6-4-5-7-15(11)16/h4-7,9H,3,8,10H2,1-2H3. The molecule has 4 heteroatoms. The molecule has 1 aromatic heterocycles. The van der Waals surface area contributed by atoms with Crippen LogP contribution < -0.4 is 0 Å². The van der Waals surface area contributed by atoms with E-state index in [1.807, 2.05) is 20.0 Å². The second kappa shape index (κ2) is 5.78. The van der Waals surface area contributed by atoms with Gasteiger partial charge >= 0.3 is 0 Å². The molecule has 0 bridgehead atoms. The van der Waals surface area contributed by atoms with Crippen LogP contribution >= 0.6 is 0 Å². The average molecular weight is 260 g/mol. The highest BCUT2D eigenvalue weighted by Crippen LogP contribution is 2.10. The Labute approximate surface area is 112 Å². The lowest BCUT2D eigenvalue weighted by Gasteiger charge is -2.03. The summed E-state index contributed by atoms with van der Waals surface area (Å²) in [5, 5.41) is 4.30. The van der Waals surface area contributed by atoms with Crippen molar-refractivity contribution in [2.45, 2.75) is 26.2 Å². The number of halogens is 1. The van der Waals surface area contributed by atoms with Crippen molar-refractivity contribution in [3.63, 3.8) is 0 Å². The van der Waals surface area contributed by atoms with Crippen molar-refractivity contribution in [1.29, 1.82) is 0 Å². The second-order valence-corrected chi connectivity index (χ2v) is 4.59. The Morgan fingerprint density at radius 1 is 1.32 bits per heavy atom. The van der Waals surface area contributed by atoms with Crippen LogP contribution in [0.25, 0.3) is 0 Å². The molecule has 1 heterocycles. The summed E-state index contributed by atoms with van der Waals surface area (Å²) in [6, 6.07) is 8.32. The lowest BCUT2D eigenvalue weighted by atomic mass is 10.1. The molecule has 100 valence electrons. The number of rotatable bonds is 5. The Morgan fingerprint density at radius 2 is 2.05 bits per heavy atom. The molecule has 0 radical (unpaired) electrons. The first-order chi connectivity index (χ1) is 9.10. The van der Waals surface area contributed by atoms with E-state index in [9.17, 15) is 9.18 Å². The van der Waals surface area contributed by atoms with Crippen molar-refractivity contribution in [2.75, 3.05) is 0 Å². The van der Waals surface area contributed by atoms with Crippen molar-refractivity contribution in [2.24, 2.45) is 7.05 Å². The predicted molar refractivity (Wildman–Crippen MR) is 71.4 cm³/mol. The van der Waals surface area contributed by atoms with Gasteiger partial charge in [0.25, 0.3) is 0 Å². The molecule has 0 aliphatic heterocycles. The van der Waals surface area contributed by atoms with Gasteiger partial charge in [0, 0.05) is 25.6 Å². The Morgan fingerprint density at radius 3 is 2.68 bits per heavy atom. The molecule has 19 heavy (non-hydrogen) atoms. The average Bonchev–Trinajstić information content (AvgIpc) is 2.73. The number of hydrogen-bond acceptors (Lipinski definition) is 2. The fourth-order valence-corrected chi connectivity index (χ4v) is 2.03. The Balaban J connectivity index is 2.05. The number of carbonyl (C=O) groups is 1. The molecular formula is C15H17FN2O. The SMILES string of the molecule is CCc1cc(CC(=O)Cc2ccccc2F)n(C)n1. The largest absolute Gasteiger partial charge is 0.299 e. The van der Waals surface area contributed by atoms with E-state index >= 15 is 0 Å². The normalized spacial score (nSPS) is 10.7. The van der Waals surface area contributed by atoms with Crippen molar-refractivity contribution in [3.8, 4) is 0 Å². The van der Waals surface area contributed by atoms with Gasteiger partial charge in [0.2, 0.25) is 0 Å². The minimum absolute atomic E-state index is 0.00393. The third-order valence-corrected chi connectivity index (χ3v) is 3.11. The zero-order valence-electron chi connectivity index (χ0n) is 11.2. The molecule has 0 N–H and O–H groups in total. The van der Waals surface area contributed by atoms with Crippen molar-refractivity contribution < 1.29 is 9.18 Å². The van der Waals surface area contributed by atoms with E-state index in [2.05, 4.69) is 5.10 Å². The molecule has 1 aromatic carbocycles. The van der Waals surface area contributed by atoms with Gasteiger partial charge in [-0.25, -0.2) is 4.39 Å².